The van der Waals surface area contributed by atoms with Gasteiger partial charge in [0, 0.05) is 11.1 Å². The molecule has 4 aromatic rings. The van der Waals surface area contributed by atoms with Gasteiger partial charge in [0.15, 0.2) is 0 Å². The molecule has 0 aliphatic heterocycles. The number of rotatable bonds is 2. The molecule has 0 spiro atoms. The molecule has 0 amide bonds. The zero-order valence-electron chi connectivity index (χ0n) is 15.7. The zero-order valence-corrected chi connectivity index (χ0v) is 15.7. The number of hydrogen-bond acceptors (Lipinski definition) is 2. The molecule has 1 aromatic heterocycles. The van der Waals surface area contributed by atoms with Crippen molar-refractivity contribution >= 4 is 11.0 Å². The van der Waals surface area contributed by atoms with Crippen molar-refractivity contribution in [3.05, 3.63) is 82.9 Å². The van der Waals surface area contributed by atoms with Gasteiger partial charge in [-0.05, 0) is 64.1 Å². The molecule has 26 heavy (non-hydrogen) atoms. The Hall–Kier alpha value is -3.00. The molecule has 0 unspecified atom stereocenters. The number of nitrogens with zero attached hydrogens (tertiary/aromatic N) is 2. The van der Waals surface area contributed by atoms with E-state index in [0.717, 1.165) is 33.5 Å². The maximum Gasteiger partial charge on any atom is 0.0973 e. The summed E-state index contributed by atoms with van der Waals surface area (Å²) >= 11 is 0. The fourth-order valence-corrected chi connectivity index (χ4v) is 3.63. The SMILES string of the molecule is Cc1cc(C)cc(-c2nc3ccccc3nc2-c2cc(C)cc(C)c2)c1. The van der Waals surface area contributed by atoms with Gasteiger partial charge in [-0.15, -0.1) is 0 Å². The van der Waals surface area contributed by atoms with E-state index in [1.165, 1.54) is 22.3 Å². The summed E-state index contributed by atoms with van der Waals surface area (Å²) in [6.07, 6.45) is 0. The van der Waals surface area contributed by atoms with Crippen molar-refractivity contribution in [3.8, 4) is 22.5 Å². The van der Waals surface area contributed by atoms with Gasteiger partial charge in [-0.25, -0.2) is 9.97 Å². The number of aryl methyl sites for hydroxylation is 4. The second kappa shape index (κ2) is 6.38. The van der Waals surface area contributed by atoms with Crippen molar-refractivity contribution in [2.24, 2.45) is 0 Å². The molecule has 0 saturated carbocycles. The Morgan fingerprint density at radius 3 is 1.19 bits per heavy atom. The maximum atomic E-state index is 5.00. The summed E-state index contributed by atoms with van der Waals surface area (Å²) in [6.45, 7) is 8.51. The van der Waals surface area contributed by atoms with Crippen LogP contribution in [0.3, 0.4) is 0 Å². The predicted octanol–water partition coefficient (Wildman–Crippen LogP) is 6.20. The van der Waals surface area contributed by atoms with Crippen molar-refractivity contribution in [2.75, 3.05) is 0 Å². The summed E-state index contributed by atoms with van der Waals surface area (Å²) < 4.78 is 0. The van der Waals surface area contributed by atoms with E-state index in [4.69, 9.17) is 9.97 Å². The molecule has 2 nitrogen and oxygen atoms in total. The summed E-state index contributed by atoms with van der Waals surface area (Å²) in [5, 5.41) is 0. The van der Waals surface area contributed by atoms with Crippen LogP contribution in [0, 0.1) is 27.7 Å². The summed E-state index contributed by atoms with van der Waals surface area (Å²) in [7, 11) is 0. The minimum absolute atomic E-state index is 0.926. The van der Waals surface area contributed by atoms with Crippen molar-refractivity contribution < 1.29 is 0 Å². The Morgan fingerprint density at radius 1 is 0.500 bits per heavy atom. The molecule has 2 heteroatoms. The molecule has 0 N–H and O–H groups in total. The molecule has 0 fully saturated rings. The highest BCUT2D eigenvalue weighted by Gasteiger charge is 2.14. The van der Waals surface area contributed by atoms with Crippen molar-refractivity contribution in [1.82, 2.24) is 9.97 Å². The van der Waals surface area contributed by atoms with Crippen LogP contribution in [0.1, 0.15) is 22.3 Å². The van der Waals surface area contributed by atoms with Gasteiger partial charge in [0.2, 0.25) is 0 Å². The second-order valence-corrected chi connectivity index (χ2v) is 7.16. The molecule has 128 valence electrons. The third kappa shape index (κ3) is 3.11. The first kappa shape index (κ1) is 16.5. The summed E-state index contributed by atoms with van der Waals surface area (Å²) in [6, 6.07) is 21.2. The molecule has 4 rings (SSSR count). The van der Waals surface area contributed by atoms with Crippen LogP contribution in [0.2, 0.25) is 0 Å². The van der Waals surface area contributed by atoms with Crippen LogP contribution in [0.15, 0.2) is 60.7 Å². The first-order valence-corrected chi connectivity index (χ1v) is 8.94. The zero-order chi connectivity index (χ0) is 18.3. The van der Waals surface area contributed by atoms with E-state index >= 15 is 0 Å². The van der Waals surface area contributed by atoms with Crippen LogP contribution in [-0.2, 0) is 0 Å². The second-order valence-electron chi connectivity index (χ2n) is 7.16. The molecular weight excluding hydrogens is 316 g/mol. The van der Waals surface area contributed by atoms with Gasteiger partial charge in [0.1, 0.15) is 0 Å². The van der Waals surface area contributed by atoms with Gasteiger partial charge in [-0.2, -0.15) is 0 Å². The van der Waals surface area contributed by atoms with E-state index in [-0.39, 0.29) is 0 Å². The quantitative estimate of drug-likeness (QED) is 0.435. The largest absolute Gasteiger partial charge is 0.244 e. The van der Waals surface area contributed by atoms with E-state index < -0.39 is 0 Å². The normalized spacial score (nSPS) is 11.1. The first-order chi connectivity index (χ1) is 12.5. The first-order valence-electron chi connectivity index (χ1n) is 8.94. The van der Waals surface area contributed by atoms with E-state index in [2.05, 4.69) is 64.1 Å². The lowest BCUT2D eigenvalue weighted by atomic mass is 9.98. The minimum Gasteiger partial charge on any atom is -0.244 e. The van der Waals surface area contributed by atoms with Crippen LogP contribution in [-0.4, -0.2) is 9.97 Å². The van der Waals surface area contributed by atoms with E-state index in [1.807, 2.05) is 24.3 Å². The maximum absolute atomic E-state index is 5.00. The van der Waals surface area contributed by atoms with Gasteiger partial charge in [-0.1, -0.05) is 46.5 Å². The topological polar surface area (TPSA) is 25.8 Å². The summed E-state index contributed by atoms with van der Waals surface area (Å²) in [4.78, 5) is 10.0. The Balaban J connectivity index is 2.06. The highest BCUT2D eigenvalue weighted by atomic mass is 14.8. The molecule has 3 aromatic carbocycles. The molecule has 1 heterocycles. The average Bonchev–Trinajstić information content (AvgIpc) is 2.59. The Bertz CT molecular complexity index is 996. The van der Waals surface area contributed by atoms with Crippen molar-refractivity contribution in [2.45, 2.75) is 27.7 Å². The third-order valence-electron chi connectivity index (χ3n) is 4.56. The lowest BCUT2D eigenvalue weighted by Crippen LogP contribution is -1.97. The summed E-state index contributed by atoms with van der Waals surface area (Å²) in [5.74, 6) is 0. The van der Waals surface area contributed by atoms with Gasteiger partial charge in [0.25, 0.3) is 0 Å². The molecule has 0 bridgehead atoms. The summed E-state index contributed by atoms with van der Waals surface area (Å²) in [5.41, 5.74) is 10.9. The Morgan fingerprint density at radius 2 is 0.846 bits per heavy atom. The van der Waals surface area contributed by atoms with Crippen LogP contribution < -0.4 is 0 Å². The number of aromatic nitrogens is 2. The van der Waals surface area contributed by atoms with Crippen molar-refractivity contribution in [1.29, 1.82) is 0 Å². The monoisotopic (exact) mass is 338 g/mol. The highest BCUT2D eigenvalue weighted by Crippen LogP contribution is 2.32. The fourth-order valence-electron chi connectivity index (χ4n) is 3.63. The van der Waals surface area contributed by atoms with Gasteiger partial charge in [-0.3, -0.25) is 0 Å². The molecule has 0 atom stereocenters. The van der Waals surface area contributed by atoms with E-state index in [1.54, 1.807) is 0 Å². The predicted molar refractivity (Wildman–Crippen MR) is 109 cm³/mol. The van der Waals surface area contributed by atoms with Crippen LogP contribution in [0.5, 0.6) is 0 Å². The molecule has 0 saturated heterocycles. The van der Waals surface area contributed by atoms with Crippen LogP contribution in [0.25, 0.3) is 33.5 Å². The van der Waals surface area contributed by atoms with Crippen molar-refractivity contribution in [3.63, 3.8) is 0 Å². The lowest BCUT2D eigenvalue weighted by Gasteiger charge is -2.13. The van der Waals surface area contributed by atoms with Gasteiger partial charge >= 0.3 is 0 Å². The highest BCUT2D eigenvalue weighted by molar-refractivity contribution is 5.86. The lowest BCUT2D eigenvalue weighted by molar-refractivity contribution is 1.27. The van der Waals surface area contributed by atoms with Gasteiger partial charge in [0.05, 0.1) is 22.4 Å². The van der Waals surface area contributed by atoms with Gasteiger partial charge < -0.3 is 0 Å². The number of para-hydroxylation sites is 2. The molecule has 0 radical (unpaired) electrons. The smallest absolute Gasteiger partial charge is 0.0973 e. The molecule has 0 aliphatic carbocycles. The van der Waals surface area contributed by atoms with E-state index in [0.29, 0.717) is 0 Å². The van der Waals surface area contributed by atoms with Crippen LogP contribution >= 0.6 is 0 Å². The fraction of sp³-hybridized carbons (Fsp3) is 0.167. The van der Waals surface area contributed by atoms with E-state index in [9.17, 15) is 0 Å². The Labute approximate surface area is 154 Å². The number of hydrogen-bond donors (Lipinski definition) is 0. The number of benzene rings is 3. The van der Waals surface area contributed by atoms with Crippen LogP contribution in [0.4, 0.5) is 0 Å². The standard InChI is InChI=1S/C24H22N2/c1-15-9-16(2)12-19(11-15)23-24(20-13-17(3)10-18(4)14-20)26-22-8-6-5-7-21(22)25-23/h5-14H,1-4H3. The molecule has 0 aliphatic rings. The Kier molecular flexibility index (Phi) is 4.04. The third-order valence-corrected chi connectivity index (χ3v) is 4.56. The number of fused-ring (bicyclic) bond motifs is 1. The average molecular weight is 338 g/mol. The molecular formula is C24H22N2. The minimum atomic E-state index is 0.926.